The molecule has 0 unspecified atom stereocenters. The van der Waals surface area contributed by atoms with E-state index in [1.807, 2.05) is 0 Å². The second-order valence-corrected chi connectivity index (χ2v) is 5.37. The highest BCUT2D eigenvalue weighted by molar-refractivity contribution is 14.1. The molecule has 0 aromatic heterocycles. The van der Waals surface area contributed by atoms with Gasteiger partial charge in [-0.25, -0.2) is 0 Å². The fraction of sp³-hybridized carbons (Fsp3) is 0.778. The molecule has 0 aromatic rings. The molecule has 1 rings (SSSR count). The first-order valence-electron chi connectivity index (χ1n) is 4.21. The Morgan fingerprint density at radius 2 is 1.64 bits per heavy atom. The predicted octanol–water partition coefficient (Wildman–Crippen LogP) is 2.91. The molecule has 0 saturated heterocycles. The lowest BCUT2D eigenvalue weighted by Gasteiger charge is -2.30. The lowest BCUT2D eigenvalue weighted by atomic mass is 10.0. The summed E-state index contributed by atoms with van der Waals surface area (Å²) in [4.78, 5) is 0. The molecule has 0 aliphatic heterocycles. The van der Waals surface area contributed by atoms with E-state index in [2.05, 4.69) is 43.7 Å². The van der Waals surface area contributed by atoms with Gasteiger partial charge in [0.25, 0.3) is 0 Å². The van der Waals surface area contributed by atoms with Crippen LogP contribution in [-0.4, -0.2) is 25.6 Å². The van der Waals surface area contributed by atoms with Crippen molar-refractivity contribution in [2.45, 2.75) is 25.7 Å². The minimum absolute atomic E-state index is 1.03. The van der Waals surface area contributed by atoms with Gasteiger partial charge in [0.1, 0.15) is 5.70 Å². The standard InChI is InChI=1S/C9H17IN/c1-11(2,3)9-7-5-4-6-8(9)10/h4-7H2,1-3H3/q+1. The topological polar surface area (TPSA) is 0 Å². The monoisotopic (exact) mass is 266 g/mol. The van der Waals surface area contributed by atoms with Crippen molar-refractivity contribution < 1.29 is 4.48 Å². The largest absolute Gasteiger partial charge is 0.301 e. The van der Waals surface area contributed by atoms with Gasteiger partial charge in [-0.3, -0.25) is 0 Å². The van der Waals surface area contributed by atoms with Gasteiger partial charge < -0.3 is 4.48 Å². The third kappa shape index (κ3) is 2.44. The van der Waals surface area contributed by atoms with Gasteiger partial charge in [-0.1, -0.05) is 0 Å². The van der Waals surface area contributed by atoms with Crippen LogP contribution in [0.15, 0.2) is 9.28 Å². The van der Waals surface area contributed by atoms with Gasteiger partial charge in [0.2, 0.25) is 0 Å². The van der Waals surface area contributed by atoms with Crippen molar-refractivity contribution in [2.24, 2.45) is 0 Å². The van der Waals surface area contributed by atoms with Crippen LogP contribution in [0, 0.1) is 0 Å². The molecular weight excluding hydrogens is 249 g/mol. The molecule has 64 valence electrons. The van der Waals surface area contributed by atoms with Gasteiger partial charge in [-0.15, -0.1) is 0 Å². The maximum absolute atomic E-state index is 2.51. The van der Waals surface area contributed by atoms with E-state index in [0.717, 1.165) is 4.48 Å². The zero-order valence-electron chi connectivity index (χ0n) is 7.65. The second kappa shape index (κ2) is 3.44. The number of rotatable bonds is 1. The molecule has 0 bridgehead atoms. The first kappa shape index (κ1) is 9.52. The third-order valence-electron chi connectivity index (χ3n) is 2.18. The summed E-state index contributed by atoms with van der Waals surface area (Å²) in [6.07, 6.45) is 5.40. The lowest BCUT2D eigenvalue weighted by molar-refractivity contribution is -0.833. The van der Waals surface area contributed by atoms with Crippen LogP contribution in [-0.2, 0) is 0 Å². The highest BCUT2D eigenvalue weighted by atomic mass is 127. The van der Waals surface area contributed by atoms with E-state index in [0.29, 0.717) is 0 Å². The number of quaternary nitrogens is 1. The van der Waals surface area contributed by atoms with Gasteiger partial charge in [0.15, 0.2) is 0 Å². The van der Waals surface area contributed by atoms with Gasteiger partial charge in [-0.2, -0.15) is 0 Å². The normalized spacial score (nSPS) is 20.7. The molecule has 0 N–H and O–H groups in total. The van der Waals surface area contributed by atoms with Crippen LogP contribution in [0.3, 0.4) is 0 Å². The third-order valence-corrected chi connectivity index (χ3v) is 3.34. The van der Waals surface area contributed by atoms with E-state index < -0.39 is 0 Å². The fourth-order valence-corrected chi connectivity index (χ4v) is 2.93. The van der Waals surface area contributed by atoms with E-state index in [-0.39, 0.29) is 0 Å². The van der Waals surface area contributed by atoms with Crippen LogP contribution in [0.1, 0.15) is 25.7 Å². The zero-order chi connectivity index (χ0) is 8.48. The summed E-state index contributed by atoms with van der Waals surface area (Å²) in [5, 5.41) is 0. The van der Waals surface area contributed by atoms with Crippen LogP contribution >= 0.6 is 22.6 Å². The summed E-state index contributed by atoms with van der Waals surface area (Å²) in [6.45, 7) is 0. The maximum atomic E-state index is 2.51. The molecule has 0 spiro atoms. The van der Waals surface area contributed by atoms with E-state index in [1.54, 1.807) is 9.28 Å². The minimum Gasteiger partial charge on any atom is -0.301 e. The van der Waals surface area contributed by atoms with E-state index in [1.165, 1.54) is 25.7 Å². The lowest BCUT2D eigenvalue weighted by Crippen LogP contribution is -2.34. The molecular formula is C9H17IN+. The summed E-state index contributed by atoms with van der Waals surface area (Å²) in [5.41, 5.74) is 1.64. The number of allylic oxidation sites excluding steroid dienone is 2. The van der Waals surface area contributed by atoms with Crippen LogP contribution in [0.5, 0.6) is 0 Å². The predicted molar refractivity (Wildman–Crippen MR) is 57.5 cm³/mol. The Morgan fingerprint density at radius 1 is 1.09 bits per heavy atom. The average molecular weight is 266 g/mol. The molecule has 1 aliphatic carbocycles. The van der Waals surface area contributed by atoms with Crippen LogP contribution in [0.25, 0.3) is 0 Å². The van der Waals surface area contributed by atoms with Crippen LogP contribution in [0.4, 0.5) is 0 Å². The Kier molecular flexibility index (Phi) is 2.97. The Hall–Kier alpha value is 0.430. The van der Waals surface area contributed by atoms with Crippen molar-refractivity contribution in [1.82, 2.24) is 0 Å². The van der Waals surface area contributed by atoms with Gasteiger partial charge in [-0.05, 0) is 41.9 Å². The SMILES string of the molecule is C[N+](C)(C)C1=C(I)CCCC1. The number of halogens is 1. The summed E-state index contributed by atoms with van der Waals surface area (Å²) >= 11 is 2.51. The van der Waals surface area contributed by atoms with E-state index in [9.17, 15) is 0 Å². The van der Waals surface area contributed by atoms with E-state index >= 15 is 0 Å². The maximum Gasteiger partial charge on any atom is 0.117 e. The molecule has 1 nitrogen and oxygen atoms in total. The Morgan fingerprint density at radius 3 is 2.00 bits per heavy atom. The quantitative estimate of drug-likeness (QED) is 0.505. The molecule has 0 fully saturated rings. The first-order chi connectivity index (χ1) is 5.02. The van der Waals surface area contributed by atoms with Gasteiger partial charge in [0.05, 0.1) is 21.1 Å². The van der Waals surface area contributed by atoms with Crippen molar-refractivity contribution in [3.8, 4) is 0 Å². The minimum atomic E-state index is 1.03. The van der Waals surface area contributed by atoms with Crippen molar-refractivity contribution in [2.75, 3.05) is 21.1 Å². The summed E-state index contributed by atoms with van der Waals surface area (Å²) in [5.74, 6) is 0. The summed E-state index contributed by atoms with van der Waals surface area (Å²) < 4.78 is 2.62. The number of nitrogens with zero attached hydrogens (tertiary/aromatic N) is 1. The Balaban J connectivity index is 2.83. The van der Waals surface area contributed by atoms with Crippen molar-refractivity contribution in [3.05, 3.63) is 9.28 Å². The van der Waals surface area contributed by atoms with Gasteiger partial charge in [0, 0.05) is 10.0 Å². The molecule has 1 aliphatic rings. The molecule has 0 saturated carbocycles. The fourth-order valence-electron chi connectivity index (χ4n) is 1.55. The second-order valence-electron chi connectivity index (χ2n) is 4.07. The Labute approximate surface area is 83.2 Å². The Bertz CT molecular complexity index is 176. The molecule has 0 heterocycles. The van der Waals surface area contributed by atoms with Crippen LogP contribution in [0.2, 0.25) is 0 Å². The number of hydrogen-bond donors (Lipinski definition) is 0. The average Bonchev–Trinajstić information content (AvgIpc) is 1.86. The zero-order valence-corrected chi connectivity index (χ0v) is 9.81. The highest BCUT2D eigenvalue weighted by Crippen LogP contribution is 2.32. The smallest absolute Gasteiger partial charge is 0.117 e. The molecule has 2 heteroatoms. The highest BCUT2D eigenvalue weighted by Gasteiger charge is 2.22. The van der Waals surface area contributed by atoms with Crippen molar-refractivity contribution in [1.29, 1.82) is 0 Å². The van der Waals surface area contributed by atoms with Crippen molar-refractivity contribution >= 4 is 22.6 Å². The van der Waals surface area contributed by atoms with Gasteiger partial charge >= 0.3 is 0 Å². The van der Waals surface area contributed by atoms with Crippen LogP contribution < -0.4 is 0 Å². The molecule has 0 radical (unpaired) electrons. The summed E-state index contributed by atoms with van der Waals surface area (Å²) in [7, 11) is 6.79. The molecule has 0 aromatic carbocycles. The molecule has 11 heavy (non-hydrogen) atoms. The number of hydrogen-bond acceptors (Lipinski definition) is 0. The molecule has 0 amide bonds. The first-order valence-corrected chi connectivity index (χ1v) is 5.29. The van der Waals surface area contributed by atoms with Crippen molar-refractivity contribution in [3.63, 3.8) is 0 Å². The summed E-state index contributed by atoms with van der Waals surface area (Å²) in [6, 6.07) is 0. The molecule has 0 atom stereocenters. The van der Waals surface area contributed by atoms with E-state index in [4.69, 9.17) is 0 Å².